The Labute approximate surface area is 126 Å². The molecular formula is C13H15ClN4OS. The fourth-order valence-corrected chi connectivity index (χ4v) is 2.41. The molecule has 0 atom stereocenters. The Morgan fingerprint density at radius 2 is 2.20 bits per heavy atom. The number of aromatic nitrogens is 2. The lowest BCUT2D eigenvalue weighted by Gasteiger charge is -2.07. The fraction of sp³-hybridized carbons (Fsp3) is 0.308. The zero-order valence-corrected chi connectivity index (χ0v) is 12.8. The summed E-state index contributed by atoms with van der Waals surface area (Å²) in [5, 5.41) is 6.81. The molecule has 20 heavy (non-hydrogen) atoms. The van der Waals surface area contributed by atoms with Gasteiger partial charge in [0.25, 0.3) is 5.91 Å². The van der Waals surface area contributed by atoms with Crippen molar-refractivity contribution >= 4 is 39.8 Å². The Bertz CT molecular complexity index is 614. The zero-order chi connectivity index (χ0) is 14.5. The summed E-state index contributed by atoms with van der Waals surface area (Å²) < 4.78 is 0. The lowest BCUT2D eigenvalue weighted by atomic mass is 10.2. The number of amides is 1. The average Bonchev–Trinajstić information content (AvgIpc) is 2.82. The Morgan fingerprint density at radius 1 is 1.40 bits per heavy atom. The summed E-state index contributed by atoms with van der Waals surface area (Å²) >= 11 is 7.52. The maximum atomic E-state index is 12.0. The predicted octanol–water partition coefficient (Wildman–Crippen LogP) is 3.57. The third kappa shape index (κ3) is 3.68. The highest BCUT2D eigenvalue weighted by atomic mass is 35.5. The number of hydrogen-bond donors (Lipinski definition) is 2. The van der Waals surface area contributed by atoms with Crippen molar-refractivity contribution in [2.24, 2.45) is 0 Å². The molecule has 0 radical (unpaired) electrons. The fourth-order valence-electron chi connectivity index (χ4n) is 1.52. The Kier molecular flexibility index (Phi) is 4.92. The van der Waals surface area contributed by atoms with Gasteiger partial charge in [0.1, 0.15) is 5.82 Å². The van der Waals surface area contributed by atoms with Crippen molar-refractivity contribution in [1.82, 2.24) is 9.97 Å². The van der Waals surface area contributed by atoms with Crippen LogP contribution in [-0.2, 0) is 0 Å². The van der Waals surface area contributed by atoms with Crippen LogP contribution in [0, 0.1) is 6.92 Å². The van der Waals surface area contributed by atoms with Gasteiger partial charge in [-0.05, 0) is 19.4 Å². The van der Waals surface area contributed by atoms with E-state index in [9.17, 15) is 4.79 Å². The number of hydrogen-bond acceptors (Lipinski definition) is 5. The molecule has 0 saturated heterocycles. The van der Waals surface area contributed by atoms with Gasteiger partial charge in [-0.1, -0.05) is 18.5 Å². The molecule has 106 valence electrons. The van der Waals surface area contributed by atoms with Crippen molar-refractivity contribution in [1.29, 1.82) is 0 Å². The van der Waals surface area contributed by atoms with E-state index in [2.05, 4.69) is 27.5 Å². The molecule has 0 aliphatic heterocycles. The topological polar surface area (TPSA) is 66.9 Å². The molecule has 0 fully saturated rings. The molecule has 0 bridgehead atoms. The Hall–Kier alpha value is -1.66. The van der Waals surface area contributed by atoms with Gasteiger partial charge in [0.2, 0.25) is 0 Å². The molecule has 0 spiro atoms. The molecule has 2 rings (SSSR count). The second-order valence-electron chi connectivity index (χ2n) is 4.21. The van der Waals surface area contributed by atoms with E-state index in [0.717, 1.165) is 17.8 Å². The second kappa shape index (κ2) is 6.67. The quantitative estimate of drug-likeness (QED) is 0.886. The number of nitrogens with zero attached hydrogens (tertiary/aromatic N) is 2. The summed E-state index contributed by atoms with van der Waals surface area (Å²) in [6.07, 6.45) is 4.19. The average molecular weight is 311 g/mol. The van der Waals surface area contributed by atoms with Gasteiger partial charge in [-0.2, -0.15) is 0 Å². The molecule has 0 aliphatic carbocycles. The number of thiazole rings is 1. The van der Waals surface area contributed by atoms with E-state index in [0.29, 0.717) is 21.5 Å². The second-order valence-corrected chi connectivity index (χ2v) is 5.85. The number of carbonyl (C=O) groups excluding carboxylic acids is 1. The Balaban J connectivity index is 2.08. The molecule has 0 aromatic carbocycles. The van der Waals surface area contributed by atoms with Crippen LogP contribution in [0.3, 0.4) is 0 Å². The minimum Gasteiger partial charge on any atom is -0.369 e. The third-order valence-corrected chi connectivity index (χ3v) is 3.60. The summed E-state index contributed by atoms with van der Waals surface area (Å²) in [7, 11) is 0. The lowest BCUT2D eigenvalue weighted by Crippen LogP contribution is -2.12. The normalized spacial score (nSPS) is 10.3. The molecule has 1 amide bonds. The number of anilines is 2. The van der Waals surface area contributed by atoms with Gasteiger partial charge < -0.3 is 5.32 Å². The van der Waals surface area contributed by atoms with Crippen LogP contribution in [0.4, 0.5) is 10.9 Å². The first-order valence-electron chi connectivity index (χ1n) is 6.23. The summed E-state index contributed by atoms with van der Waals surface area (Å²) in [5.74, 6) is 0.325. The monoisotopic (exact) mass is 310 g/mol. The van der Waals surface area contributed by atoms with Crippen LogP contribution in [0.5, 0.6) is 0 Å². The maximum Gasteiger partial charge on any atom is 0.259 e. The standard InChI is InChI=1S/C13H15ClN4OS/c1-3-4-15-11-10(14)5-9(7-16-11)12(19)18-13-17-6-8(2)20-13/h5-7H,3-4H2,1-2H3,(H,15,16)(H,17,18,19). The lowest BCUT2D eigenvalue weighted by molar-refractivity contribution is 0.102. The van der Waals surface area contributed by atoms with E-state index in [1.807, 2.05) is 6.92 Å². The number of aryl methyl sites for hydroxylation is 1. The van der Waals surface area contributed by atoms with Crippen LogP contribution in [0.15, 0.2) is 18.5 Å². The maximum absolute atomic E-state index is 12.0. The van der Waals surface area contributed by atoms with Crippen molar-refractivity contribution in [3.63, 3.8) is 0 Å². The number of halogens is 1. The highest BCUT2D eigenvalue weighted by Crippen LogP contribution is 2.22. The summed E-state index contributed by atoms with van der Waals surface area (Å²) in [4.78, 5) is 21.3. The molecule has 0 unspecified atom stereocenters. The molecule has 2 aromatic rings. The van der Waals surface area contributed by atoms with Gasteiger partial charge in [0, 0.05) is 23.8 Å². The Morgan fingerprint density at radius 3 is 2.80 bits per heavy atom. The number of pyridine rings is 1. The van der Waals surface area contributed by atoms with Crippen molar-refractivity contribution in [3.05, 3.63) is 33.9 Å². The SMILES string of the molecule is CCCNc1ncc(C(=O)Nc2ncc(C)s2)cc1Cl. The van der Waals surface area contributed by atoms with Crippen LogP contribution in [-0.4, -0.2) is 22.4 Å². The molecule has 2 N–H and O–H groups in total. The van der Waals surface area contributed by atoms with E-state index in [-0.39, 0.29) is 5.91 Å². The first-order chi connectivity index (χ1) is 9.60. The summed E-state index contributed by atoms with van der Waals surface area (Å²) in [6.45, 7) is 4.77. The van der Waals surface area contributed by atoms with Crippen molar-refractivity contribution in [2.75, 3.05) is 17.2 Å². The van der Waals surface area contributed by atoms with Crippen molar-refractivity contribution < 1.29 is 4.79 Å². The smallest absolute Gasteiger partial charge is 0.259 e. The molecule has 7 heteroatoms. The van der Waals surface area contributed by atoms with Gasteiger partial charge in [0.05, 0.1) is 10.6 Å². The zero-order valence-electron chi connectivity index (χ0n) is 11.2. The molecule has 0 aliphatic rings. The van der Waals surface area contributed by atoms with E-state index >= 15 is 0 Å². The minimum absolute atomic E-state index is 0.268. The van der Waals surface area contributed by atoms with Crippen LogP contribution >= 0.6 is 22.9 Å². The predicted molar refractivity (Wildman–Crippen MR) is 82.8 cm³/mol. The van der Waals surface area contributed by atoms with E-state index in [4.69, 9.17) is 11.6 Å². The molecule has 5 nitrogen and oxygen atoms in total. The molecule has 0 saturated carbocycles. The molecular weight excluding hydrogens is 296 g/mol. The summed E-state index contributed by atoms with van der Waals surface area (Å²) in [6, 6.07) is 1.60. The van der Waals surface area contributed by atoms with Gasteiger partial charge in [0.15, 0.2) is 5.13 Å². The van der Waals surface area contributed by atoms with Gasteiger partial charge in [-0.3, -0.25) is 10.1 Å². The van der Waals surface area contributed by atoms with Gasteiger partial charge in [-0.15, -0.1) is 11.3 Å². The minimum atomic E-state index is -0.268. The highest BCUT2D eigenvalue weighted by Gasteiger charge is 2.11. The first kappa shape index (κ1) is 14.7. The number of nitrogens with one attached hydrogen (secondary N) is 2. The number of rotatable bonds is 5. The van der Waals surface area contributed by atoms with Crippen molar-refractivity contribution in [2.45, 2.75) is 20.3 Å². The highest BCUT2D eigenvalue weighted by molar-refractivity contribution is 7.15. The summed E-state index contributed by atoms with van der Waals surface area (Å²) in [5.41, 5.74) is 0.407. The van der Waals surface area contributed by atoms with Crippen LogP contribution in [0.1, 0.15) is 28.6 Å². The van der Waals surface area contributed by atoms with Crippen LogP contribution in [0.2, 0.25) is 5.02 Å². The van der Waals surface area contributed by atoms with Gasteiger partial charge in [-0.25, -0.2) is 9.97 Å². The molecule has 2 aromatic heterocycles. The van der Waals surface area contributed by atoms with Crippen LogP contribution < -0.4 is 10.6 Å². The van der Waals surface area contributed by atoms with Gasteiger partial charge >= 0.3 is 0 Å². The third-order valence-electron chi connectivity index (χ3n) is 2.49. The van der Waals surface area contributed by atoms with E-state index in [1.165, 1.54) is 17.5 Å². The van der Waals surface area contributed by atoms with E-state index < -0.39 is 0 Å². The van der Waals surface area contributed by atoms with Crippen LogP contribution in [0.25, 0.3) is 0 Å². The number of carbonyl (C=O) groups is 1. The van der Waals surface area contributed by atoms with Crippen molar-refractivity contribution in [3.8, 4) is 0 Å². The first-order valence-corrected chi connectivity index (χ1v) is 7.42. The molecule has 2 heterocycles. The van der Waals surface area contributed by atoms with E-state index in [1.54, 1.807) is 12.3 Å². The largest absolute Gasteiger partial charge is 0.369 e.